The molecule has 3 fully saturated rings. The molecule has 2 saturated heterocycles. The molecule has 7 nitrogen and oxygen atoms in total. The van der Waals surface area contributed by atoms with E-state index in [4.69, 9.17) is 0 Å². The molecule has 2 aliphatic heterocycles. The van der Waals surface area contributed by atoms with E-state index in [0.717, 1.165) is 35.3 Å². The van der Waals surface area contributed by atoms with Crippen molar-refractivity contribution in [3.05, 3.63) is 29.8 Å². The van der Waals surface area contributed by atoms with Crippen LogP contribution in [0.4, 0.5) is 13.2 Å². The normalized spacial score (nSPS) is 21.6. The van der Waals surface area contributed by atoms with Crippen molar-refractivity contribution in [3.8, 4) is 0 Å². The number of hydrogen-bond donors (Lipinski definition) is 0. The Morgan fingerprint density at radius 1 is 0.781 bits per heavy atom. The Morgan fingerprint density at radius 2 is 1.25 bits per heavy atom. The van der Waals surface area contributed by atoms with Gasteiger partial charge in [0, 0.05) is 51.1 Å². The van der Waals surface area contributed by atoms with Gasteiger partial charge >= 0.3 is 6.18 Å². The summed E-state index contributed by atoms with van der Waals surface area (Å²) >= 11 is 0. The molecule has 3 aliphatic rings. The Hall–Kier alpha value is -2.14. The highest BCUT2D eigenvalue weighted by molar-refractivity contribution is 7.89. The second-order valence-corrected chi connectivity index (χ2v) is 10.5. The lowest BCUT2D eigenvalue weighted by Gasteiger charge is -2.38. The Kier molecular flexibility index (Phi) is 6.23. The van der Waals surface area contributed by atoms with E-state index in [-0.39, 0.29) is 49.6 Å². The monoisotopic (exact) mass is 473 g/mol. The van der Waals surface area contributed by atoms with Crippen molar-refractivity contribution in [1.29, 1.82) is 0 Å². The minimum Gasteiger partial charge on any atom is -0.339 e. The maximum Gasteiger partial charge on any atom is 0.417 e. The molecule has 0 N–H and O–H groups in total. The molecule has 0 unspecified atom stereocenters. The summed E-state index contributed by atoms with van der Waals surface area (Å²) in [7, 11) is -4.32. The largest absolute Gasteiger partial charge is 0.417 e. The first-order chi connectivity index (χ1) is 15.1. The number of halogens is 3. The second kappa shape index (κ2) is 8.66. The zero-order chi connectivity index (χ0) is 23.1. The molecule has 1 aliphatic carbocycles. The third kappa shape index (κ3) is 4.63. The van der Waals surface area contributed by atoms with Crippen molar-refractivity contribution in [2.24, 2.45) is 11.8 Å². The van der Waals surface area contributed by atoms with Gasteiger partial charge in [-0.3, -0.25) is 9.59 Å². The van der Waals surface area contributed by atoms with Gasteiger partial charge in [-0.1, -0.05) is 12.1 Å². The van der Waals surface area contributed by atoms with E-state index >= 15 is 0 Å². The van der Waals surface area contributed by atoms with Gasteiger partial charge in [0.05, 0.1) is 10.5 Å². The number of benzene rings is 1. The fourth-order valence-corrected chi connectivity index (χ4v) is 6.08. The predicted molar refractivity (Wildman–Crippen MR) is 109 cm³/mol. The Bertz CT molecular complexity index is 978. The van der Waals surface area contributed by atoms with Gasteiger partial charge in [-0.2, -0.15) is 17.5 Å². The van der Waals surface area contributed by atoms with Crippen LogP contribution in [0.15, 0.2) is 29.2 Å². The number of nitrogens with zero attached hydrogens (tertiary/aromatic N) is 3. The van der Waals surface area contributed by atoms with E-state index in [0.29, 0.717) is 26.2 Å². The van der Waals surface area contributed by atoms with Gasteiger partial charge in [-0.15, -0.1) is 0 Å². The van der Waals surface area contributed by atoms with E-state index in [2.05, 4.69) is 0 Å². The lowest BCUT2D eigenvalue weighted by atomic mass is 9.96. The lowest BCUT2D eigenvalue weighted by molar-refractivity contribution is -0.143. The van der Waals surface area contributed by atoms with E-state index in [1.165, 1.54) is 6.07 Å². The maximum atomic E-state index is 13.3. The number of rotatable bonds is 4. The summed E-state index contributed by atoms with van der Waals surface area (Å²) in [6.45, 7) is 1.89. The maximum absolute atomic E-state index is 13.3. The van der Waals surface area contributed by atoms with Crippen LogP contribution in [-0.2, 0) is 25.8 Å². The molecule has 1 aromatic rings. The van der Waals surface area contributed by atoms with Crippen molar-refractivity contribution in [1.82, 2.24) is 14.1 Å². The first kappa shape index (κ1) is 23.0. The Balaban J connectivity index is 1.35. The summed E-state index contributed by atoms with van der Waals surface area (Å²) in [4.78, 5) is 27.8. The predicted octanol–water partition coefficient (Wildman–Crippen LogP) is 2.19. The van der Waals surface area contributed by atoms with Crippen LogP contribution < -0.4 is 0 Å². The topological polar surface area (TPSA) is 78.0 Å². The highest BCUT2D eigenvalue weighted by atomic mass is 32.2. The van der Waals surface area contributed by atoms with Gasteiger partial charge in [0.2, 0.25) is 21.8 Å². The number of carbonyl (C=O) groups is 2. The summed E-state index contributed by atoms with van der Waals surface area (Å²) in [5, 5.41) is 0. The third-order valence-electron chi connectivity index (χ3n) is 6.44. The third-order valence-corrected chi connectivity index (χ3v) is 8.40. The average molecular weight is 474 g/mol. The van der Waals surface area contributed by atoms with Crippen LogP contribution in [0.2, 0.25) is 0 Å². The molecule has 0 bridgehead atoms. The van der Waals surface area contributed by atoms with Gasteiger partial charge in [-0.25, -0.2) is 8.42 Å². The van der Waals surface area contributed by atoms with Crippen LogP contribution in [0.5, 0.6) is 0 Å². The molecule has 0 spiro atoms. The van der Waals surface area contributed by atoms with Crippen molar-refractivity contribution in [2.45, 2.75) is 36.8 Å². The van der Waals surface area contributed by atoms with Crippen LogP contribution in [-0.4, -0.2) is 73.6 Å². The second-order valence-electron chi connectivity index (χ2n) is 8.60. The van der Waals surface area contributed by atoms with Crippen LogP contribution >= 0.6 is 0 Å². The molecule has 0 aromatic heterocycles. The summed E-state index contributed by atoms with van der Waals surface area (Å²) in [5.41, 5.74) is -1.18. The summed E-state index contributed by atoms with van der Waals surface area (Å²) in [6, 6.07) is 4.16. The van der Waals surface area contributed by atoms with E-state index in [1.54, 1.807) is 9.80 Å². The minimum atomic E-state index is -4.78. The SMILES string of the molecule is O=C(C1CC1)N1CCN(C(=O)C2CCN(S(=O)(=O)c3ccccc3C(F)(F)F)CC2)CC1. The van der Waals surface area contributed by atoms with Crippen molar-refractivity contribution in [2.75, 3.05) is 39.3 Å². The first-order valence-electron chi connectivity index (χ1n) is 10.8. The first-order valence-corrected chi connectivity index (χ1v) is 12.3. The lowest BCUT2D eigenvalue weighted by Crippen LogP contribution is -2.53. The molecular weight excluding hydrogens is 447 g/mol. The molecule has 2 heterocycles. The highest BCUT2D eigenvalue weighted by Crippen LogP contribution is 2.36. The van der Waals surface area contributed by atoms with Crippen LogP contribution in [0.3, 0.4) is 0 Å². The van der Waals surface area contributed by atoms with E-state index in [1.807, 2.05) is 0 Å². The van der Waals surface area contributed by atoms with Crippen molar-refractivity contribution >= 4 is 21.8 Å². The molecule has 1 aromatic carbocycles. The number of carbonyl (C=O) groups excluding carboxylic acids is 2. The zero-order valence-electron chi connectivity index (χ0n) is 17.6. The smallest absolute Gasteiger partial charge is 0.339 e. The van der Waals surface area contributed by atoms with Crippen molar-refractivity contribution in [3.63, 3.8) is 0 Å². The molecular formula is C21H26F3N3O4S. The average Bonchev–Trinajstić information content (AvgIpc) is 3.63. The fraction of sp³-hybridized carbons (Fsp3) is 0.619. The highest BCUT2D eigenvalue weighted by Gasteiger charge is 2.41. The standard InChI is InChI=1S/C21H26F3N3O4S/c22-21(23,24)17-3-1-2-4-18(17)32(30,31)27-9-7-16(8-10-27)20(29)26-13-11-25(12-14-26)19(28)15-5-6-15/h1-4,15-16H,5-14H2. The molecule has 11 heteroatoms. The molecule has 2 amide bonds. The van der Waals surface area contributed by atoms with Gasteiger partial charge < -0.3 is 9.80 Å². The van der Waals surface area contributed by atoms with E-state index < -0.39 is 26.7 Å². The summed E-state index contributed by atoms with van der Waals surface area (Å²) < 4.78 is 66.7. The number of piperazine rings is 1. The van der Waals surface area contributed by atoms with Gasteiger partial charge in [0.15, 0.2) is 0 Å². The number of alkyl halides is 3. The van der Waals surface area contributed by atoms with Gasteiger partial charge in [0.1, 0.15) is 0 Å². The summed E-state index contributed by atoms with van der Waals surface area (Å²) in [5.74, 6) is -0.137. The number of amides is 2. The van der Waals surface area contributed by atoms with Crippen LogP contribution in [0.25, 0.3) is 0 Å². The molecule has 32 heavy (non-hydrogen) atoms. The van der Waals surface area contributed by atoms with E-state index in [9.17, 15) is 31.2 Å². The van der Waals surface area contributed by atoms with Crippen molar-refractivity contribution < 1.29 is 31.2 Å². The fourth-order valence-electron chi connectivity index (χ4n) is 4.40. The molecule has 0 radical (unpaired) electrons. The van der Waals surface area contributed by atoms with Gasteiger partial charge in [0.25, 0.3) is 0 Å². The Labute approximate surface area is 185 Å². The van der Waals surface area contributed by atoms with Crippen LogP contribution in [0, 0.1) is 11.8 Å². The Morgan fingerprint density at radius 3 is 1.72 bits per heavy atom. The number of sulfonamides is 1. The molecule has 1 saturated carbocycles. The quantitative estimate of drug-likeness (QED) is 0.672. The minimum absolute atomic E-state index is 0.00887. The zero-order valence-corrected chi connectivity index (χ0v) is 18.4. The molecule has 176 valence electrons. The van der Waals surface area contributed by atoms with Gasteiger partial charge in [-0.05, 0) is 37.8 Å². The summed E-state index contributed by atoms with van der Waals surface area (Å²) in [6.07, 6.45) is -2.39. The number of hydrogen-bond acceptors (Lipinski definition) is 4. The van der Waals surface area contributed by atoms with Crippen LogP contribution in [0.1, 0.15) is 31.2 Å². The number of piperidine rings is 1. The molecule has 0 atom stereocenters. The molecule has 4 rings (SSSR count).